The van der Waals surface area contributed by atoms with Crippen molar-refractivity contribution in [2.24, 2.45) is 0 Å². The number of thioether (sulfide) groups is 1. The fraction of sp³-hybridized carbons (Fsp3) is 0.444. The number of allylic oxidation sites excluding steroid dienone is 1. The SMILES string of the molecule is CC1=C(SCCCCl)C(=O)N(C(C)(C)C(=O)Nc2cccc(Br)c2)CO1. The maximum Gasteiger partial charge on any atom is 0.267 e. The number of ether oxygens (including phenoxy) is 1. The third kappa shape index (κ3) is 4.96. The number of benzene rings is 1. The summed E-state index contributed by atoms with van der Waals surface area (Å²) in [5, 5.41) is 2.86. The van der Waals surface area contributed by atoms with Gasteiger partial charge in [-0.15, -0.1) is 23.4 Å². The number of hydrogen-bond acceptors (Lipinski definition) is 4. The summed E-state index contributed by atoms with van der Waals surface area (Å²) in [5.41, 5.74) is -0.412. The Labute approximate surface area is 171 Å². The van der Waals surface area contributed by atoms with Gasteiger partial charge < -0.3 is 10.1 Å². The largest absolute Gasteiger partial charge is 0.476 e. The molecule has 0 radical (unpaired) electrons. The van der Waals surface area contributed by atoms with Gasteiger partial charge in [-0.2, -0.15) is 0 Å². The molecule has 1 heterocycles. The monoisotopic (exact) mass is 460 g/mol. The van der Waals surface area contributed by atoms with Crippen molar-refractivity contribution in [3.8, 4) is 0 Å². The van der Waals surface area contributed by atoms with Crippen LogP contribution in [0.2, 0.25) is 0 Å². The highest BCUT2D eigenvalue weighted by molar-refractivity contribution is 9.10. The Balaban J connectivity index is 2.14. The van der Waals surface area contributed by atoms with E-state index >= 15 is 0 Å². The van der Waals surface area contributed by atoms with Crippen LogP contribution in [0.25, 0.3) is 0 Å². The predicted molar refractivity (Wildman–Crippen MR) is 110 cm³/mol. The molecule has 0 spiro atoms. The number of nitrogens with one attached hydrogen (secondary N) is 1. The van der Waals surface area contributed by atoms with Crippen LogP contribution in [-0.2, 0) is 14.3 Å². The second-order valence-electron chi connectivity index (χ2n) is 6.31. The summed E-state index contributed by atoms with van der Waals surface area (Å²) in [7, 11) is 0. The first kappa shape index (κ1) is 21.1. The maximum absolute atomic E-state index is 12.9. The molecule has 1 aromatic carbocycles. The van der Waals surface area contributed by atoms with E-state index in [2.05, 4.69) is 21.2 Å². The van der Waals surface area contributed by atoms with Crippen molar-refractivity contribution < 1.29 is 14.3 Å². The van der Waals surface area contributed by atoms with Crippen molar-refractivity contribution in [1.82, 2.24) is 4.90 Å². The topological polar surface area (TPSA) is 58.6 Å². The highest BCUT2D eigenvalue weighted by atomic mass is 79.9. The van der Waals surface area contributed by atoms with E-state index in [0.717, 1.165) is 16.6 Å². The van der Waals surface area contributed by atoms with Gasteiger partial charge in [0, 0.05) is 16.0 Å². The van der Waals surface area contributed by atoms with Crippen molar-refractivity contribution in [1.29, 1.82) is 0 Å². The Morgan fingerprint density at radius 2 is 2.19 bits per heavy atom. The molecule has 0 bridgehead atoms. The first-order valence-corrected chi connectivity index (χ1v) is 10.5. The number of halogens is 2. The molecule has 1 aliphatic heterocycles. The van der Waals surface area contributed by atoms with Crippen LogP contribution < -0.4 is 5.32 Å². The molecule has 2 rings (SSSR count). The van der Waals surface area contributed by atoms with E-state index in [9.17, 15) is 9.59 Å². The van der Waals surface area contributed by atoms with Crippen molar-refractivity contribution in [2.45, 2.75) is 32.7 Å². The summed E-state index contributed by atoms with van der Waals surface area (Å²) in [6, 6.07) is 7.31. The van der Waals surface area contributed by atoms with Crippen molar-refractivity contribution in [2.75, 3.05) is 23.7 Å². The van der Waals surface area contributed by atoms with Crippen LogP contribution in [0.5, 0.6) is 0 Å². The van der Waals surface area contributed by atoms with Crippen LogP contribution in [0.1, 0.15) is 27.2 Å². The number of carbonyl (C=O) groups excluding carboxylic acids is 2. The van der Waals surface area contributed by atoms with Crippen molar-refractivity contribution in [3.05, 3.63) is 39.4 Å². The number of alkyl halides is 1. The number of nitrogens with zero attached hydrogens (tertiary/aromatic N) is 1. The number of rotatable bonds is 7. The molecule has 2 amide bonds. The van der Waals surface area contributed by atoms with E-state index in [1.165, 1.54) is 16.7 Å². The molecule has 1 aliphatic rings. The highest BCUT2D eigenvalue weighted by Crippen LogP contribution is 2.32. The second-order valence-corrected chi connectivity index (χ2v) is 8.71. The number of anilines is 1. The van der Waals surface area contributed by atoms with Gasteiger partial charge in [0.15, 0.2) is 6.73 Å². The molecule has 1 N–H and O–H groups in total. The minimum Gasteiger partial charge on any atom is -0.476 e. The van der Waals surface area contributed by atoms with Gasteiger partial charge in [0.2, 0.25) is 5.91 Å². The first-order valence-electron chi connectivity index (χ1n) is 8.18. The summed E-state index contributed by atoms with van der Waals surface area (Å²) in [5.74, 6) is 1.39. The molecule has 0 atom stereocenters. The van der Waals surface area contributed by atoms with Gasteiger partial charge in [-0.1, -0.05) is 22.0 Å². The second kappa shape index (κ2) is 9.15. The normalized spacial score (nSPS) is 15.1. The van der Waals surface area contributed by atoms with Gasteiger partial charge in [0.05, 0.1) is 0 Å². The molecule has 8 heteroatoms. The molecule has 26 heavy (non-hydrogen) atoms. The third-order valence-electron chi connectivity index (χ3n) is 4.01. The van der Waals surface area contributed by atoms with Crippen LogP contribution >= 0.6 is 39.3 Å². The molecule has 142 valence electrons. The number of amides is 2. The number of hydrogen-bond donors (Lipinski definition) is 1. The molecule has 0 aromatic heterocycles. The van der Waals surface area contributed by atoms with E-state index in [0.29, 0.717) is 22.2 Å². The zero-order chi connectivity index (χ0) is 19.3. The molecule has 0 saturated carbocycles. The van der Waals surface area contributed by atoms with Crippen LogP contribution in [-0.4, -0.2) is 40.6 Å². The minimum absolute atomic E-state index is 0.0448. The Hall–Kier alpha value is -1.18. The average molecular weight is 462 g/mol. The highest BCUT2D eigenvalue weighted by Gasteiger charge is 2.42. The van der Waals surface area contributed by atoms with Crippen LogP contribution in [0.4, 0.5) is 5.69 Å². The Morgan fingerprint density at radius 3 is 2.85 bits per heavy atom. The van der Waals surface area contributed by atoms with Gasteiger partial charge in [-0.3, -0.25) is 14.5 Å². The predicted octanol–water partition coefficient (Wildman–Crippen LogP) is 4.58. The van der Waals surface area contributed by atoms with Gasteiger partial charge >= 0.3 is 0 Å². The van der Waals surface area contributed by atoms with E-state index in [4.69, 9.17) is 16.3 Å². The lowest BCUT2D eigenvalue weighted by molar-refractivity contribution is -0.148. The van der Waals surface area contributed by atoms with E-state index in [1.54, 1.807) is 32.9 Å². The molecule has 0 unspecified atom stereocenters. The zero-order valence-corrected chi connectivity index (χ0v) is 18.1. The lowest BCUT2D eigenvalue weighted by atomic mass is 10.0. The minimum atomic E-state index is -1.07. The van der Waals surface area contributed by atoms with Crippen molar-refractivity contribution in [3.63, 3.8) is 0 Å². The first-order chi connectivity index (χ1) is 12.3. The zero-order valence-electron chi connectivity index (χ0n) is 15.0. The van der Waals surface area contributed by atoms with Gasteiger partial charge in [-0.05, 0) is 51.1 Å². The Kier molecular flexibility index (Phi) is 7.43. The van der Waals surface area contributed by atoms with Crippen LogP contribution in [0.15, 0.2) is 39.4 Å². The molecule has 0 saturated heterocycles. The standard InChI is InChI=1S/C18H22BrClN2O3S/c1-12-15(26-9-5-8-20)16(23)22(11-25-12)18(2,3)17(24)21-14-7-4-6-13(19)10-14/h4,6-7,10H,5,8-9,11H2,1-3H3,(H,21,24). The summed E-state index contributed by atoms with van der Waals surface area (Å²) in [4.78, 5) is 27.7. The van der Waals surface area contributed by atoms with Crippen LogP contribution in [0.3, 0.4) is 0 Å². The lowest BCUT2D eigenvalue weighted by Crippen LogP contribution is -2.57. The summed E-state index contributed by atoms with van der Waals surface area (Å²) >= 11 is 10.5. The fourth-order valence-electron chi connectivity index (χ4n) is 2.34. The lowest BCUT2D eigenvalue weighted by Gasteiger charge is -2.39. The fourth-order valence-corrected chi connectivity index (χ4v) is 4.02. The van der Waals surface area contributed by atoms with Gasteiger partial charge in [0.1, 0.15) is 16.2 Å². The van der Waals surface area contributed by atoms with Crippen LogP contribution in [0, 0.1) is 0 Å². The molecular weight excluding hydrogens is 440 g/mol. The Morgan fingerprint density at radius 1 is 1.46 bits per heavy atom. The smallest absolute Gasteiger partial charge is 0.267 e. The summed E-state index contributed by atoms with van der Waals surface area (Å²) in [6.07, 6.45) is 0.795. The maximum atomic E-state index is 12.9. The molecule has 5 nitrogen and oxygen atoms in total. The molecule has 0 fully saturated rings. The average Bonchev–Trinajstić information content (AvgIpc) is 2.57. The summed E-state index contributed by atoms with van der Waals surface area (Å²) < 4.78 is 6.52. The molecular formula is C18H22BrClN2O3S. The van der Waals surface area contributed by atoms with Crippen molar-refractivity contribution >= 4 is 56.8 Å². The third-order valence-corrected chi connectivity index (χ3v) is 6.01. The van der Waals surface area contributed by atoms with E-state index in [1.807, 2.05) is 12.1 Å². The molecule has 0 aliphatic carbocycles. The van der Waals surface area contributed by atoms with E-state index < -0.39 is 5.54 Å². The van der Waals surface area contributed by atoms with E-state index in [-0.39, 0.29) is 18.5 Å². The van der Waals surface area contributed by atoms with Gasteiger partial charge in [-0.25, -0.2) is 0 Å². The quantitative estimate of drug-likeness (QED) is 0.477. The molecule has 1 aromatic rings. The van der Waals surface area contributed by atoms with Gasteiger partial charge in [0.25, 0.3) is 5.91 Å². The Bertz CT molecular complexity index is 724. The summed E-state index contributed by atoms with van der Waals surface area (Å²) in [6.45, 7) is 5.24. The number of carbonyl (C=O) groups is 2.